The van der Waals surface area contributed by atoms with Gasteiger partial charge < -0.3 is 49.7 Å². The molecule has 5 aromatic rings. The van der Waals surface area contributed by atoms with E-state index in [-0.39, 0.29) is 102 Å². The number of aliphatic imine (C=N–C) groups is 1. The molecule has 0 spiro atoms. The number of anilines is 1. The van der Waals surface area contributed by atoms with Gasteiger partial charge in [-0.1, -0.05) is 61.8 Å². The van der Waals surface area contributed by atoms with Crippen LogP contribution in [-0.2, 0) is 28.5 Å². The molecular weight excluding hydrogens is 1220 g/mol. The monoisotopic (exact) mass is 1290 g/mol. The molecule has 0 saturated carbocycles. The SMILES string of the molecule is Cc1sc2c(c1C)C(c1ccc(Cl)cc1)=N[C@H](CC(=O)NCCOCCOCCNC(=O)C1(F)C[N+](=C3C=CC4=C(c5cc(C(=O)NCCOCCOCCCCCCCl)ccc5C(=O)[O-])c5ccc(N6CC(F)C6)cc5[Si](C)(C)C4=C3)C1)c1nnc(C)n1-2. The van der Waals surface area contributed by atoms with E-state index >= 15 is 4.39 Å². The first-order valence-corrected chi connectivity index (χ1v) is 35.0. The van der Waals surface area contributed by atoms with Gasteiger partial charge in [-0.3, -0.25) is 23.9 Å². The van der Waals surface area contributed by atoms with Crippen LogP contribution in [0, 0.1) is 20.8 Å². The van der Waals surface area contributed by atoms with Gasteiger partial charge in [0.1, 0.15) is 31.1 Å². The molecule has 0 radical (unpaired) electrons. The van der Waals surface area contributed by atoms with Crippen LogP contribution >= 0.6 is 34.5 Å². The van der Waals surface area contributed by atoms with E-state index in [4.69, 9.17) is 47.1 Å². The van der Waals surface area contributed by atoms with Gasteiger partial charge in [-0.05, 0) is 114 Å². The molecule has 3 aromatic carbocycles. The number of carbonyl (C=O) groups is 4. The number of amides is 3. The van der Waals surface area contributed by atoms with Crippen LogP contribution in [0.5, 0.6) is 0 Å². The largest absolute Gasteiger partial charge is 0.545 e. The van der Waals surface area contributed by atoms with Crippen LogP contribution in [-0.4, -0.2) is 179 Å². The number of alkyl halides is 3. The lowest BCUT2D eigenvalue weighted by molar-refractivity contribution is -0.612. The van der Waals surface area contributed by atoms with E-state index in [0.29, 0.717) is 59.2 Å². The lowest BCUT2D eigenvalue weighted by Crippen LogP contribution is -2.63. The maximum Gasteiger partial charge on any atom is 0.302 e. The van der Waals surface area contributed by atoms with Gasteiger partial charge in [0.25, 0.3) is 11.8 Å². The number of nitrogens with zero attached hydrogens (tertiary/aromatic N) is 6. The summed E-state index contributed by atoms with van der Waals surface area (Å²) in [5.74, 6) is -0.859. The van der Waals surface area contributed by atoms with Crippen LogP contribution in [0.3, 0.4) is 0 Å². The molecule has 0 unspecified atom stereocenters. The fourth-order valence-electron chi connectivity index (χ4n) is 11.8. The van der Waals surface area contributed by atoms with Crippen LogP contribution in [0.4, 0.5) is 14.5 Å². The summed E-state index contributed by atoms with van der Waals surface area (Å²) >= 11 is 13.6. The molecule has 4 aliphatic heterocycles. The number of hydrogen-bond donors (Lipinski definition) is 3. The average molecular weight is 1300 g/mol. The lowest BCUT2D eigenvalue weighted by Gasteiger charge is -2.41. The number of aryl methyl sites for hydroxylation is 2. The van der Waals surface area contributed by atoms with E-state index in [1.54, 1.807) is 22.0 Å². The van der Waals surface area contributed by atoms with Crippen molar-refractivity contribution in [1.29, 1.82) is 0 Å². The van der Waals surface area contributed by atoms with Crippen LogP contribution in [0.1, 0.15) is 103 Å². The minimum atomic E-state index is -2.68. The van der Waals surface area contributed by atoms with E-state index in [1.807, 2.05) is 71.0 Å². The molecule has 472 valence electrons. The normalized spacial score (nSPS) is 18.2. The van der Waals surface area contributed by atoms with Gasteiger partial charge in [0.15, 0.2) is 24.6 Å². The summed E-state index contributed by atoms with van der Waals surface area (Å²) in [5.41, 5.74) is 5.67. The molecule has 2 aromatic heterocycles. The van der Waals surface area contributed by atoms with E-state index < -0.39 is 43.7 Å². The van der Waals surface area contributed by atoms with Gasteiger partial charge in [0.2, 0.25) is 5.91 Å². The molecule has 0 bridgehead atoms. The Kier molecular flexibility index (Phi) is 21.3. The minimum Gasteiger partial charge on any atom is -0.545 e. The Balaban J connectivity index is 0.718. The number of halogens is 4. The zero-order valence-corrected chi connectivity index (χ0v) is 54.1. The van der Waals surface area contributed by atoms with Crippen molar-refractivity contribution in [1.82, 2.24) is 30.7 Å². The second-order valence-electron chi connectivity index (χ2n) is 23.4. The van der Waals surface area contributed by atoms with Gasteiger partial charge in [0, 0.05) is 82.1 Å². The molecule has 10 rings (SSSR count). The van der Waals surface area contributed by atoms with Crippen molar-refractivity contribution in [3.63, 3.8) is 0 Å². The Labute approximate surface area is 532 Å². The highest BCUT2D eigenvalue weighted by atomic mass is 35.5. The molecule has 6 heterocycles. The number of nitrogens with one attached hydrogen (secondary N) is 3. The first-order valence-electron chi connectivity index (χ1n) is 30.3. The summed E-state index contributed by atoms with van der Waals surface area (Å²) in [6.45, 7) is 13.6. The van der Waals surface area contributed by atoms with E-state index in [0.717, 1.165) is 85.2 Å². The van der Waals surface area contributed by atoms with Gasteiger partial charge in [0.05, 0.1) is 77.4 Å². The number of allylic oxidation sites excluding steroid dienone is 5. The second-order valence-corrected chi connectivity index (χ2v) is 29.7. The maximum absolute atomic E-state index is 16.3. The number of aromatic carboxylic acids is 1. The molecular formula is C65H75Cl2F2N9O9SSi. The number of carboxylic acid groups (broad SMARTS) is 1. The third-order valence-corrected chi connectivity index (χ3v) is 22.0. The molecule has 18 nitrogen and oxygen atoms in total. The number of aromatic nitrogens is 3. The molecule has 2 saturated heterocycles. The summed E-state index contributed by atoms with van der Waals surface area (Å²) < 4.78 is 57.1. The van der Waals surface area contributed by atoms with Crippen molar-refractivity contribution in [2.75, 3.05) is 109 Å². The number of hydrogen-bond acceptors (Lipinski definition) is 14. The summed E-state index contributed by atoms with van der Waals surface area (Å²) in [6.07, 6.45) is 8.94. The highest BCUT2D eigenvalue weighted by molar-refractivity contribution is 7.15. The highest BCUT2D eigenvalue weighted by Gasteiger charge is 2.57. The predicted molar refractivity (Wildman–Crippen MR) is 342 cm³/mol. The standard InChI is InChI=1S/C65H75Cl2F2N9O9SSi/c1-40-41(2)88-62-57(40)59(43-10-13-45(67)14-11-43)73-53(60-75-74-42(3)78(60)62)35-56(79)70-21-25-85-30-31-87-27-23-72-64(83)65(69)38-77(39-65)48-16-19-51-55(34-48)89(4,5)54-33-47(76-36-46(68)37-76)15-18-50(54)58(51)52-32-44(12-17-49(52)63(81)82)61(80)71-22-26-86-29-28-84-24-9-7-6-8-20-66/h10-19,32-34,46,53H,6-9,20-31,35-39H2,1-5H3,(H3-,70,71,72,79,80,81,82,83)/t53-/m1/s1. The Bertz CT molecular complexity index is 3650. The summed E-state index contributed by atoms with van der Waals surface area (Å²) in [4.78, 5) is 61.6. The van der Waals surface area contributed by atoms with Crippen LogP contribution in [0.25, 0.3) is 10.6 Å². The number of carboxylic acids is 1. The molecule has 1 atom stereocenters. The highest BCUT2D eigenvalue weighted by Crippen LogP contribution is 2.44. The Hall–Kier alpha value is -6.76. The first kappa shape index (κ1) is 65.2. The van der Waals surface area contributed by atoms with Crippen molar-refractivity contribution < 1.29 is 56.6 Å². The third kappa shape index (κ3) is 14.7. The lowest BCUT2D eigenvalue weighted by atomic mass is 9.86. The van der Waals surface area contributed by atoms with Crippen LogP contribution in [0.2, 0.25) is 18.1 Å². The van der Waals surface area contributed by atoms with Crippen molar-refractivity contribution in [2.24, 2.45) is 4.99 Å². The number of thiophene rings is 1. The molecule has 3 N–H and O–H groups in total. The second kappa shape index (κ2) is 29.0. The molecule has 2 fully saturated rings. The molecule has 89 heavy (non-hydrogen) atoms. The third-order valence-electron chi connectivity index (χ3n) is 16.8. The van der Waals surface area contributed by atoms with Crippen molar-refractivity contribution in [3.05, 3.63) is 150 Å². The minimum absolute atomic E-state index is 0.0351. The number of fused-ring (bicyclic) bond motifs is 5. The fraction of sp³-hybridized carbons (Fsp3) is 0.446. The topological polar surface area (TPSA) is 214 Å². The van der Waals surface area contributed by atoms with E-state index in [9.17, 15) is 28.7 Å². The number of unbranched alkanes of at least 4 members (excludes halogenated alkanes) is 3. The first-order chi connectivity index (χ1) is 42.9. The average Bonchev–Trinajstić information content (AvgIpc) is 1.20. The summed E-state index contributed by atoms with van der Waals surface area (Å²) in [7, 11) is -2.68. The van der Waals surface area contributed by atoms with Gasteiger partial charge in [-0.15, -0.1) is 33.1 Å². The maximum atomic E-state index is 16.3. The van der Waals surface area contributed by atoms with Crippen molar-refractivity contribution >= 4 is 94.2 Å². The van der Waals surface area contributed by atoms with E-state index in [2.05, 4.69) is 59.2 Å². The van der Waals surface area contributed by atoms with Crippen LogP contribution in [0.15, 0.2) is 94.7 Å². The molecule has 24 heteroatoms. The summed E-state index contributed by atoms with van der Waals surface area (Å²) in [5, 5.41) is 33.8. The number of carbonyl (C=O) groups excluding carboxylic acids is 4. The zero-order chi connectivity index (χ0) is 63.0. The number of benzene rings is 3. The van der Waals surface area contributed by atoms with Gasteiger partial charge in [-0.25, -0.2) is 13.4 Å². The molecule has 5 aliphatic rings. The Morgan fingerprint density at radius 3 is 2.17 bits per heavy atom. The Morgan fingerprint density at radius 1 is 0.809 bits per heavy atom. The fourth-order valence-corrected chi connectivity index (χ4v) is 16.4. The van der Waals surface area contributed by atoms with Gasteiger partial charge >= 0.3 is 5.67 Å². The van der Waals surface area contributed by atoms with E-state index in [1.165, 1.54) is 12.1 Å². The number of rotatable bonds is 29. The van der Waals surface area contributed by atoms with Crippen molar-refractivity contribution in [3.8, 4) is 5.00 Å². The summed E-state index contributed by atoms with van der Waals surface area (Å²) in [6, 6.07) is 17.3. The smallest absolute Gasteiger partial charge is 0.302 e. The molecule has 3 amide bonds. The number of ether oxygens (including phenoxy) is 4. The van der Waals surface area contributed by atoms with Gasteiger partial charge in [-0.2, -0.15) is 0 Å². The van der Waals surface area contributed by atoms with Crippen LogP contribution < -0.4 is 31.1 Å². The quantitative estimate of drug-likeness (QED) is 0.0188. The Morgan fingerprint density at radius 2 is 1.48 bits per heavy atom. The van der Waals surface area contributed by atoms with Crippen molar-refractivity contribution in [2.45, 2.75) is 83.9 Å². The molecule has 1 aliphatic carbocycles. The zero-order valence-electron chi connectivity index (χ0n) is 50.8. The predicted octanol–water partition coefficient (Wildman–Crippen LogP) is 7.18.